The Morgan fingerprint density at radius 1 is 0.926 bits per heavy atom. The molecule has 0 bridgehead atoms. The number of fused-ring (bicyclic) bond motifs is 1. The van der Waals surface area contributed by atoms with Crippen LogP contribution in [0.5, 0.6) is 0 Å². The molecule has 1 aromatic heterocycles. The van der Waals surface area contributed by atoms with Crippen molar-refractivity contribution in [3.05, 3.63) is 75.8 Å². The molecule has 4 aromatic rings. The Morgan fingerprint density at radius 2 is 1.67 bits per heavy atom. The van der Waals surface area contributed by atoms with E-state index in [1.807, 2.05) is 24.3 Å². The molecular weight excluding hydrogens is 366 g/mol. The Bertz CT molecular complexity index is 1260. The molecule has 0 aliphatic carbocycles. The van der Waals surface area contributed by atoms with Crippen LogP contribution in [0, 0.1) is 10.1 Å². The van der Waals surface area contributed by atoms with Crippen molar-refractivity contribution in [2.24, 2.45) is 0 Å². The monoisotopic (exact) mass is 375 g/mol. The Balaban J connectivity index is 1.76. The van der Waals surface area contributed by atoms with E-state index in [-0.39, 0.29) is 27.3 Å². The summed E-state index contributed by atoms with van der Waals surface area (Å²) in [5, 5.41) is 12.2. The van der Waals surface area contributed by atoms with Crippen molar-refractivity contribution in [2.75, 3.05) is 4.90 Å². The van der Waals surface area contributed by atoms with Gasteiger partial charge < -0.3 is 0 Å². The summed E-state index contributed by atoms with van der Waals surface area (Å²) in [6.07, 6.45) is 0. The van der Waals surface area contributed by atoms with Crippen molar-refractivity contribution in [1.29, 1.82) is 0 Å². The van der Waals surface area contributed by atoms with Gasteiger partial charge in [0.15, 0.2) is 0 Å². The summed E-state index contributed by atoms with van der Waals surface area (Å²) in [7, 11) is 0. The zero-order valence-corrected chi connectivity index (χ0v) is 14.4. The first-order valence-corrected chi connectivity index (χ1v) is 8.82. The molecule has 1 aliphatic rings. The van der Waals surface area contributed by atoms with E-state index < -0.39 is 16.7 Å². The maximum atomic E-state index is 13.1. The first-order chi connectivity index (χ1) is 13.1. The number of nitrogens with zero attached hydrogens (tertiary/aromatic N) is 3. The number of carbonyl (C=O) groups is 2. The number of carbonyl (C=O) groups excluding carboxylic acids is 2. The van der Waals surface area contributed by atoms with E-state index in [2.05, 4.69) is 4.98 Å². The normalized spacial score (nSPS) is 13.6. The number of imide groups is 1. The molecule has 0 fully saturated rings. The van der Waals surface area contributed by atoms with Crippen LogP contribution in [0.4, 0.5) is 10.8 Å². The number of para-hydroxylation sites is 1. The highest BCUT2D eigenvalue weighted by Crippen LogP contribution is 2.38. The van der Waals surface area contributed by atoms with E-state index in [1.165, 1.54) is 23.5 Å². The number of nitro groups is 1. The molecule has 0 saturated carbocycles. The molecule has 0 saturated heterocycles. The zero-order chi connectivity index (χ0) is 18.7. The van der Waals surface area contributed by atoms with E-state index in [0.29, 0.717) is 10.9 Å². The molecule has 2 amide bonds. The molecule has 1 aliphatic heterocycles. The van der Waals surface area contributed by atoms with Crippen LogP contribution in [0.15, 0.2) is 54.6 Å². The van der Waals surface area contributed by atoms with Crippen LogP contribution in [0.3, 0.4) is 0 Å². The van der Waals surface area contributed by atoms with Crippen LogP contribution in [-0.2, 0) is 0 Å². The molecule has 0 unspecified atom stereocenters. The lowest BCUT2D eigenvalue weighted by Gasteiger charge is -2.24. The summed E-state index contributed by atoms with van der Waals surface area (Å²) in [4.78, 5) is 42.4. The number of hydrogen-bond acceptors (Lipinski definition) is 6. The first-order valence-electron chi connectivity index (χ1n) is 8.01. The fourth-order valence-corrected chi connectivity index (χ4v) is 4.33. The molecular formula is C19H9N3O4S. The van der Waals surface area contributed by atoms with Gasteiger partial charge in [0.1, 0.15) is 0 Å². The maximum absolute atomic E-state index is 13.1. The Kier molecular flexibility index (Phi) is 3.13. The third kappa shape index (κ3) is 2.10. The van der Waals surface area contributed by atoms with Gasteiger partial charge in [0, 0.05) is 22.6 Å². The van der Waals surface area contributed by atoms with Crippen LogP contribution < -0.4 is 4.90 Å². The molecule has 0 spiro atoms. The van der Waals surface area contributed by atoms with Gasteiger partial charge in [0.25, 0.3) is 17.5 Å². The lowest BCUT2D eigenvalue weighted by Crippen LogP contribution is -2.40. The second kappa shape index (κ2) is 5.42. The number of hydrogen-bond donors (Lipinski definition) is 0. The minimum Gasteiger partial charge on any atom is -0.268 e. The van der Waals surface area contributed by atoms with Gasteiger partial charge in [-0.3, -0.25) is 19.7 Å². The number of amides is 2. The number of non-ortho nitro benzene ring substituents is 1. The predicted molar refractivity (Wildman–Crippen MR) is 101 cm³/mol. The van der Waals surface area contributed by atoms with Gasteiger partial charge in [-0.2, -0.15) is 0 Å². The largest absolute Gasteiger partial charge is 0.277 e. The van der Waals surface area contributed by atoms with Crippen molar-refractivity contribution < 1.29 is 14.5 Å². The van der Waals surface area contributed by atoms with Crippen LogP contribution in [-0.4, -0.2) is 21.7 Å². The molecule has 0 atom stereocenters. The average Bonchev–Trinajstić information content (AvgIpc) is 3.09. The van der Waals surface area contributed by atoms with Gasteiger partial charge in [0.2, 0.25) is 5.13 Å². The summed E-state index contributed by atoms with van der Waals surface area (Å²) in [6.45, 7) is 0. The molecule has 3 aromatic carbocycles. The third-order valence-corrected chi connectivity index (χ3v) is 5.58. The topological polar surface area (TPSA) is 93.4 Å². The summed E-state index contributed by atoms with van der Waals surface area (Å²) < 4.78 is 0.862. The minimum atomic E-state index is -0.530. The molecule has 130 valence electrons. The summed E-state index contributed by atoms with van der Waals surface area (Å²) in [5.74, 6) is -1.06. The van der Waals surface area contributed by atoms with Gasteiger partial charge >= 0.3 is 0 Å². The second-order valence-corrected chi connectivity index (χ2v) is 7.04. The smallest absolute Gasteiger partial charge is 0.268 e. The Hall–Kier alpha value is -3.65. The highest BCUT2D eigenvalue weighted by molar-refractivity contribution is 7.22. The lowest BCUT2D eigenvalue weighted by molar-refractivity contribution is -0.383. The summed E-state index contributed by atoms with van der Waals surface area (Å²) in [6, 6.07) is 14.8. The molecule has 27 heavy (non-hydrogen) atoms. The summed E-state index contributed by atoms with van der Waals surface area (Å²) >= 11 is 1.25. The van der Waals surface area contributed by atoms with Crippen molar-refractivity contribution in [2.45, 2.75) is 0 Å². The first kappa shape index (κ1) is 15.6. The van der Waals surface area contributed by atoms with Crippen molar-refractivity contribution in [1.82, 2.24) is 4.98 Å². The Labute approximate surface area is 155 Å². The quantitative estimate of drug-likeness (QED) is 0.298. The van der Waals surface area contributed by atoms with Gasteiger partial charge in [0.05, 0.1) is 20.5 Å². The zero-order valence-electron chi connectivity index (χ0n) is 13.6. The molecule has 8 heteroatoms. The second-order valence-electron chi connectivity index (χ2n) is 6.03. The summed E-state index contributed by atoms with van der Waals surface area (Å²) in [5.41, 5.74) is 1.07. The number of nitro benzene ring substituents is 1. The van der Waals surface area contributed by atoms with Gasteiger partial charge in [-0.1, -0.05) is 29.5 Å². The number of rotatable bonds is 2. The average molecular weight is 375 g/mol. The predicted octanol–water partition coefficient (Wildman–Crippen LogP) is 4.16. The van der Waals surface area contributed by atoms with Crippen molar-refractivity contribution >= 4 is 55.0 Å². The molecule has 0 N–H and O–H groups in total. The van der Waals surface area contributed by atoms with Crippen molar-refractivity contribution in [3.63, 3.8) is 0 Å². The van der Waals surface area contributed by atoms with E-state index >= 15 is 0 Å². The third-order valence-electron chi connectivity index (χ3n) is 4.56. The number of benzene rings is 3. The van der Waals surface area contributed by atoms with E-state index in [0.717, 1.165) is 9.60 Å². The molecule has 7 nitrogen and oxygen atoms in total. The number of anilines is 1. The van der Waals surface area contributed by atoms with E-state index in [9.17, 15) is 19.7 Å². The van der Waals surface area contributed by atoms with Crippen LogP contribution in [0.25, 0.3) is 21.0 Å². The molecule has 5 rings (SSSR count). The van der Waals surface area contributed by atoms with Crippen molar-refractivity contribution in [3.8, 4) is 0 Å². The standard InChI is InChI=1S/C19H9N3O4S/c23-17-11-5-3-4-10-14(22(25)26)9-8-12(16(10)11)18(24)21(17)19-20-13-6-1-2-7-15(13)27-19/h1-9H. The SMILES string of the molecule is O=C1c2cccc3c([N+](=O)[O-])ccc(c23)C(=O)N1c1nc2ccccc2s1. The minimum absolute atomic E-state index is 0.135. The highest BCUT2D eigenvalue weighted by atomic mass is 32.1. The fourth-order valence-electron chi connectivity index (χ4n) is 3.37. The number of aromatic nitrogens is 1. The maximum Gasteiger partial charge on any atom is 0.277 e. The number of thiazole rings is 1. The molecule has 0 radical (unpaired) electrons. The highest BCUT2D eigenvalue weighted by Gasteiger charge is 2.37. The molecule has 2 heterocycles. The van der Waals surface area contributed by atoms with Gasteiger partial charge in [-0.25, -0.2) is 9.88 Å². The van der Waals surface area contributed by atoms with Crippen LogP contribution >= 0.6 is 11.3 Å². The van der Waals surface area contributed by atoms with Gasteiger partial charge in [-0.05, 0) is 30.3 Å². The van der Waals surface area contributed by atoms with Gasteiger partial charge in [-0.15, -0.1) is 0 Å². The van der Waals surface area contributed by atoms with E-state index in [4.69, 9.17) is 0 Å². The van der Waals surface area contributed by atoms with Crippen LogP contribution in [0.2, 0.25) is 0 Å². The van der Waals surface area contributed by atoms with Crippen LogP contribution in [0.1, 0.15) is 20.7 Å². The fraction of sp³-hybridized carbons (Fsp3) is 0. The van der Waals surface area contributed by atoms with E-state index in [1.54, 1.807) is 18.2 Å². The lowest BCUT2D eigenvalue weighted by atomic mass is 9.93. The Morgan fingerprint density at radius 3 is 2.41 bits per heavy atom.